The van der Waals surface area contributed by atoms with Gasteiger partial charge >= 0.3 is 0 Å². The van der Waals surface area contributed by atoms with Crippen molar-refractivity contribution < 1.29 is 9.59 Å². The third kappa shape index (κ3) is 2.15. The highest BCUT2D eigenvalue weighted by atomic mass is 16.2. The second-order valence-corrected chi connectivity index (χ2v) is 4.15. The summed E-state index contributed by atoms with van der Waals surface area (Å²) in [4.78, 5) is 24.4. The molecular formula is C11H10N6O2. The fraction of sp³-hybridized carbons (Fsp3) is 0.182. The van der Waals surface area contributed by atoms with E-state index in [1.165, 1.54) is 4.80 Å². The molecule has 0 spiro atoms. The van der Waals surface area contributed by atoms with Crippen LogP contribution in [0.4, 0.5) is 11.6 Å². The Kier molecular flexibility index (Phi) is 2.48. The van der Waals surface area contributed by atoms with Crippen LogP contribution in [0.3, 0.4) is 0 Å². The number of aromatic nitrogens is 4. The van der Waals surface area contributed by atoms with Crippen molar-refractivity contribution in [3.05, 3.63) is 29.3 Å². The standard InChI is InChI=1S/C11H10N6O2/c1-17-15-11(14-16-17)13-10(19)7-3-2-6-5-9(18)12-8(6)4-7/h2-4H,5H2,1H3,(H,12,18)(H,13,15,19). The SMILES string of the molecule is Cn1nnc(NC(=O)c2ccc3c(c2)NC(=O)C3)n1. The normalized spacial score (nSPS) is 13.0. The van der Waals surface area contributed by atoms with Crippen molar-refractivity contribution in [1.29, 1.82) is 0 Å². The lowest BCUT2D eigenvalue weighted by Crippen LogP contribution is -2.13. The van der Waals surface area contributed by atoms with E-state index in [1.54, 1.807) is 25.2 Å². The molecule has 0 unspecified atom stereocenters. The zero-order valence-electron chi connectivity index (χ0n) is 10.0. The number of benzene rings is 1. The van der Waals surface area contributed by atoms with Gasteiger partial charge in [-0.15, -0.1) is 5.10 Å². The predicted molar refractivity (Wildman–Crippen MR) is 65.5 cm³/mol. The van der Waals surface area contributed by atoms with Gasteiger partial charge in [0.15, 0.2) is 0 Å². The summed E-state index contributed by atoms with van der Waals surface area (Å²) in [6.45, 7) is 0. The molecule has 2 N–H and O–H groups in total. The van der Waals surface area contributed by atoms with Crippen LogP contribution in [0.25, 0.3) is 0 Å². The summed E-state index contributed by atoms with van der Waals surface area (Å²) in [6.07, 6.45) is 0.350. The molecular weight excluding hydrogens is 248 g/mol. The Hall–Kier alpha value is -2.77. The van der Waals surface area contributed by atoms with Gasteiger partial charge in [0.05, 0.1) is 13.5 Å². The molecule has 1 aliphatic heterocycles. The molecule has 8 nitrogen and oxygen atoms in total. The van der Waals surface area contributed by atoms with E-state index in [9.17, 15) is 9.59 Å². The quantitative estimate of drug-likeness (QED) is 0.786. The number of anilines is 2. The van der Waals surface area contributed by atoms with Crippen molar-refractivity contribution in [1.82, 2.24) is 20.2 Å². The molecule has 0 radical (unpaired) electrons. The number of nitrogens with zero attached hydrogens (tertiary/aromatic N) is 4. The van der Waals surface area contributed by atoms with Crippen LogP contribution in [0.1, 0.15) is 15.9 Å². The van der Waals surface area contributed by atoms with Crippen LogP contribution in [-0.4, -0.2) is 32.0 Å². The van der Waals surface area contributed by atoms with E-state index in [4.69, 9.17) is 0 Å². The first-order chi connectivity index (χ1) is 9.11. The maximum atomic E-state index is 12.0. The first kappa shape index (κ1) is 11.3. The minimum Gasteiger partial charge on any atom is -0.326 e. The predicted octanol–water partition coefficient (Wildman–Crippen LogP) is -0.0430. The van der Waals surface area contributed by atoms with E-state index in [1.807, 2.05) is 0 Å². The van der Waals surface area contributed by atoms with Crippen LogP contribution in [0.15, 0.2) is 18.2 Å². The highest BCUT2D eigenvalue weighted by molar-refractivity contribution is 6.06. The van der Waals surface area contributed by atoms with Gasteiger partial charge in [0, 0.05) is 11.3 Å². The fourth-order valence-corrected chi connectivity index (χ4v) is 1.86. The Bertz CT molecular complexity index is 678. The summed E-state index contributed by atoms with van der Waals surface area (Å²) in [5.74, 6) is -0.280. The van der Waals surface area contributed by atoms with E-state index in [2.05, 4.69) is 26.0 Å². The molecule has 1 aliphatic rings. The smallest absolute Gasteiger partial charge is 0.270 e. The Balaban J connectivity index is 1.81. The minimum absolute atomic E-state index is 0.0665. The van der Waals surface area contributed by atoms with E-state index in [0.717, 1.165) is 5.56 Å². The molecule has 19 heavy (non-hydrogen) atoms. The van der Waals surface area contributed by atoms with Crippen LogP contribution < -0.4 is 10.6 Å². The molecule has 1 aromatic carbocycles. The van der Waals surface area contributed by atoms with E-state index in [0.29, 0.717) is 17.7 Å². The maximum absolute atomic E-state index is 12.0. The van der Waals surface area contributed by atoms with Crippen molar-refractivity contribution in [2.24, 2.45) is 7.05 Å². The van der Waals surface area contributed by atoms with Gasteiger partial charge in [-0.25, -0.2) is 0 Å². The van der Waals surface area contributed by atoms with Gasteiger partial charge in [-0.3, -0.25) is 14.9 Å². The number of carbonyl (C=O) groups is 2. The number of rotatable bonds is 2. The molecule has 2 amide bonds. The summed E-state index contributed by atoms with van der Waals surface area (Å²) in [6, 6.07) is 5.04. The molecule has 1 aromatic heterocycles. The lowest BCUT2D eigenvalue weighted by Gasteiger charge is -2.03. The summed E-state index contributed by atoms with van der Waals surface area (Å²) < 4.78 is 0. The zero-order valence-corrected chi connectivity index (χ0v) is 10.0. The van der Waals surface area contributed by atoms with Crippen LogP contribution >= 0.6 is 0 Å². The first-order valence-corrected chi connectivity index (χ1v) is 5.60. The number of amides is 2. The molecule has 96 valence electrons. The highest BCUT2D eigenvalue weighted by Crippen LogP contribution is 2.24. The second-order valence-electron chi connectivity index (χ2n) is 4.15. The number of tetrazole rings is 1. The molecule has 3 rings (SSSR count). The van der Waals surface area contributed by atoms with E-state index >= 15 is 0 Å². The summed E-state index contributed by atoms with van der Waals surface area (Å²) in [7, 11) is 1.60. The molecule has 0 aliphatic carbocycles. The summed E-state index contributed by atoms with van der Waals surface area (Å²) in [5, 5.41) is 16.4. The minimum atomic E-state index is -0.350. The lowest BCUT2D eigenvalue weighted by atomic mass is 10.1. The van der Waals surface area contributed by atoms with Gasteiger partial charge in [-0.05, 0) is 22.9 Å². The average molecular weight is 258 g/mol. The van der Waals surface area contributed by atoms with Gasteiger partial charge in [0.25, 0.3) is 11.9 Å². The molecule has 8 heteroatoms. The number of carbonyl (C=O) groups excluding carboxylic acids is 2. The largest absolute Gasteiger partial charge is 0.326 e. The Labute approximate surface area is 107 Å². The van der Waals surface area contributed by atoms with Gasteiger partial charge in [-0.2, -0.15) is 4.80 Å². The molecule has 0 saturated heterocycles. The fourth-order valence-electron chi connectivity index (χ4n) is 1.86. The van der Waals surface area contributed by atoms with Gasteiger partial charge in [0.2, 0.25) is 5.91 Å². The lowest BCUT2D eigenvalue weighted by molar-refractivity contribution is -0.115. The van der Waals surface area contributed by atoms with E-state index < -0.39 is 0 Å². The second kappa shape index (κ2) is 4.16. The van der Waals surface area contributed by atoms with Crippen LogP contribution in [0.5, 0.6) is 0 Å². The molecule has 2 heterocycles. The van der Waals surface area contributed by atoms with Crippen molar-refractivity contribution in [2.75, 3.05) is 10.6 Å². The Morgan fingerprint density at radius 1 is 1.47 bits per heavy atom. The van der Waals surface area contributed by atoms with Crippen LogP contribution in [0, 0.1) is 0 Å². The van der Waals surface area contributed by atoms with Crippen molar-refractivity contribution in [3.8, 4) is 0 Å². The molecule has 0 saturated carbocycles. The van der Waals surface area contributed by atoms with Crippen molar-refractivity contribution >= 4 is 23.5 Å². The van der Waals surface area contributed by atoms with Crippen molar-refractivity contribution in [3.63, 3.8) is 0 Å². The number of aryl methyl sites for hydroxylation is 1. The van der Waals surface area contributed by atoms with Gasteiger partial charge < -0.3 is 5.32 Å². The molecule has 0 atom stereocenters. The maximum Gasteiger partial charge on any atom is 0.270 e. The number of hydrogen-bond acceptors (Lipinski definition) is 5. The van der Waals surface area contributed by atoms with Crippen LogP contribution in [-0.2, 0) is 18.3 Å². The number of nitrogens with one attached hydrogen (secondary N) is 2. The average Bonchev–Trinajstić information content (AvgIpc) is 2.93. The zero-order chi connectivity index (χ0) is 13.4. The third-order valence-corrected chi connectivity index (χ3v) is 2.73. The summed E-state index contributed by atoms with van der Waals surface area (Å²) >= 11 is 0. The van der Waals surface area contributed by atoms with Crippen LogP contribution in [0.2, 0.25) is 0 Å². The molecule has 0 bridgehead atoms. The highest BCUT2D eigenvalue weighted by Gasteiger charge is 2.19. The van der Waals surface area contributed by atoms with Crippen molar-refractivity contribution in [2.45, 2.75) is 6.42 Å². The Morgan fingerprint density at radius 2 is 2.32 bits per heavy atom. The number of hydrogen-bond donors (Lipinski definition) is 2. The van der Waals surface area contributed by atoms with E-state index in [-0.39, 0.29) is 17.8 Å². The monoisotopic (exact) mass is 258 g/mol. The van der Waals surface area contributed by atoms with Gasteiger partial charge in [0.1, 0.15) is 0 Å². The summed E-state index contributed by atoms with van der Waals surface area (Å²) in [5.41, 5.74) is 1.98. The first-order valence-electron chi connectivity index (χ1n) is 5.60. The Morgan fingerprint density at radius 3 is 3.05 bits per heavy atom. The topological polar surface area (TPSA) is 102 Å². The third-order valence-electron chi connectivity index (χ3n) is 2.73. The molecule has 0 fully saturated rings. The van der Waals surface area contributed by atoms with Gasteiger partial charge in [-0.1, -0.05) is 11.2 Å². The number of fused-ring (bicyclic) bond motifs is 1. The molecule has 2 aromatic rings.